The number of ether oxygens (including phenoxy) is 3. The first-order chi connectivity index (χ1) is 23.4. The van der Waals surface area contributed by atoms with Gasteiger partial charge in [0.1, 0.15) is 11.9 Å². The molecule has 0 spiro atoms. The van der Waals surface area contributed by atoms with Gasteiger partial charge in [-0.25, -0.2) is 18.2 Å². The van der Waals surface area contributed by atoms with Gasteiger partial charge < -0.3 is 30.2 Å². The molecule has 1 fully saturated rings. The molecule has 0 bridgehead atoms. The minimum absolute atomic E-state index is 0.0940. The third kappa shape index (κ3) is 7.83. The number of aromatic nitrogens is 1. The van der Waals surface area contributed by atoms with E-state index in [-0.39, 0.29) is 22.7 Å². The van der Waals surface area contributed by atoms with Crippen molar-refractivity contribution in [3.8, 4) is 11.5 Å². The van der Waals surface area contributed by atoms with Crippen molar-refractivity contribution in [2.75, 3.05) is 42.4 Å². The van der Waals surface area contributed by atoms with Crippen LogP contribution in [-0.2, 0) is 19.4 Å². The van der Waals surface area contributed by atoms with Crippen LogP contribution in [0, 0.1) is 0 Å². The average molecular weight is 690 g/mol. The largest absolute Gasteiger partial charge is 0.490 e. The molecule has 13 heteroatoms. The highest BCUT2D eigenvalue weighted by molar-refractivity contribution is 7.91. The third-order valence-electron chi connectivity index (χ3n) is 8.37. The Bertz CT molecular complexity index is 1950. The zero-order valence-electron chi connectivity index (χ0n) is 28.4. The van der Waals surface area contributed by atoms with E-state index in [1.165, 1.54) is 19.2 Å². The Morgan fingerprint density at radius 1 is 1.02 bits per heavy atom. The maximum atomic E-state index is 14.8. The van der Waals surface area contributed by atoms with Gasteiger partial charge in [-0.2, -0.15) is 0 Å². The van der Waals surface area contributed by atoms with Crippen LogP contribution in [0.1, 0.15) is 63.7 Å². The number of amides is 2. The van der Waals surface area contributed by atoms with Gasteiger partial charge in [-0.05, 0) is 105 Å². The number of fused-ring (bicyclic) bond motifs is 1. The fraction of sp³-hybridized carbons (Fsp3) is 0.361. The SMILES string of the molecule is CCOc1cc([C@H](Nc2ccc3c(N)nccc3c2)C(=O)N2CCC[C@H]2c2cc(NC(=O)OC)ccc2S(=O)(=O)CC)ccc1OC(C)C. The summed E-state index contributed by atoms with van der Waals surface area (Å²) < 4.78 is 43.3. The number of likely N-dealkylation sites (tertiary alicyclic amines) is 1. The summed E-state index contributed by atoms with van der Waals surface area (Å²) in [5.74, 6) is 1.08. The molecule has 2 amide bonds. The molecule has 0 aliphatic carbocycles. The van der Waals surface area contributed by atoms with Crippen molar-refractivity contribution in [3.05, 3.63) is 78.0 Å². The highest BCUT2D eigenvalue weighted by Gasteiger charge is 2.38. The number of nitrogens with zero attached hydrogens (tertiary/aromatic N) is 2. The number of hydrogen-bond donors (Lipinski definition) is 3. The number of hydrogen-bond acceptors (Lipinski definition) is 10. The molecular formula is C36H43N5O7S. The van der Waals surface area contributed by atoms with Crippen LogP contribution >= 0.6 is 0 Å². The maximum Gasteiger partial charge on any atom is 0.411 e. The van der Waals surface area contributed by atoms with Gasteiger partial charge in [0.25, 0.3) is 0 Å². The van der Waals surface area contributed by atoms with Gasteiger partial charge in [0, 0.05) is 29.5 Å². The van der Waals surface area contributed by atoms with E-state index in [0.29, 0.717) is 65.8 Å². The Kier molecular flexibility index (Phi) is 10.8. The van der Waals surface area contributed by atoms with E-state index in [1.807, 2.05) is 51.1 Å². The predicted octanol–water partition coefficient (Wildman–Crippen LogP) is 6.49. The fourth-order valence-electron chi connectivity index (χ4n) is 6.08. The lowest BCUT2D eigenvalue weighted by atomic mass is 10.00. The van der Waals surface area contributed by atoms with Crippen LogP contribution in [0.4, 0.5) is 22.0 Å². The second-order valence-electron chi connectivity index (χ2n) is 12.0. The summed E-state index contributed by atoms with van der Waals surface area (Å²) in [6.07, 6.45) is 2.02. The molecule has 0 saturated carbocycles. The quantitative estimate of drug-likeness (QED) is 0.150. The highest BCUT2D eigenvalue weighted by Crippen LogP contribution is 2.41. The molecule has 4 aromatic rings. The molecule has 1 aromatic heterocycles. The highest BCUT2D eigenvalue weighted by atomic mass is 32.2. The molecule has 3 aromatic carbocycles. The molecular weight excluding hydrogens is 646 g/mol. The van der Waals surface area contributed by atoms with Crippen LogP contribution in [0.3, 0.4) is 0 Å². The summed E-state index contributed by atoms with van der Waals surface area (Å²) in [6, 6.07) is 16.0. The van der Waals surface area contributed by atoms with Crippen LogP contribution in [0.2, 0.25) is 0 Å². The van der Waals surface area contributed by atoms with Gasteiger partial charge in [-0.3, -0.25) is 10.1 Å². The van der Waals surface area contributed by atoms with Crippen molar-refractivity contribution in [1.82, 2.24) is 9.88 Å². The smallest absolute Gasteiger partial charge is 0.411 e. The van der Waals surface area contributed by atoms with Crippen molar-refractivity contribution >= 4 is 49.8 Å². The summed E-state index contributed by atoms with van der Waals surface area (Å²) in [7, 11) is -2.44. The zero-order chi connectivity index (χ0) is 35.3. The Hall–Kier alpha value is -5.04. The Morgan fingerprint density at radius 3 is 2.51 bits per heavy atom. The monoisotopic (exact) mass is 689 g/mol. The first kappa shape index (κ1) is 35.3. The molecule has 2 atom stereocenters. The molecule has 0 radical (unpaired) electrons. The second-order valence-corrected chi connectivity index (χ2v) is 14.2. The molecule has 4 N–H and O–H groups in total. The topological polar surface area (TPSA) is 162 Å². The number of rotatable bonds is 12. The number of methoxy groups -OCH3 is 1. The first-order valence-corrected chi connectivity index (χ1v) is 18.0. The number of anilines is 3. The van der Waals surface area contributed by atoms with E-state index >= 15 is 0 Å². The van der Waals surface area contributed by atoms with Gasteiger partial charge in [-0.1, -0.05) is 13.0 Å². The van der Waals surface area contributed by atoms with Crippen LogP contribution in [0.15, 0.2) is 71.8 Å². The molecule has 2 heterocycles. The second kappa shape index (κ2) is 15.0. The average Bonchev–Trinajstić information content (AvgIpc) is 3.58. The zero-order valence-corrected chi connectivity index (χ0v) is 29.2. The van der Waals surface area contributed by atoms with E-state index < -0.39 is 28.0 Å². The summed E-state index contributed by atoms with van der Waals surface area (Å²) in [6.45, 7) is 8.10. The lowest BCUT2D eigenvalue weighted by Gasteiger charge is -2.31. The normalized spacial score (nSPS) is 15.2. The number of pyridine rings is 1. The van der Waals surface area contributed by atoms with Crippen molar-refractivity contribution in [2.24, 2.45) is 0 Å². The van der Waals surface area contributed by atoms with E-state index in [0.717, 1.165) is 10.8 Å². The minimum Gasteiger partial charge on any atom is -0.490 e. The first-order valence-electron chi connectivity index (χ1n) is 16.3. The summed E-state index contributed by atoms with van der Waals surface area (Å²) in [4.78, 5) is 32.9. The van der Waals surface area contributed by atoms with Crippen molar-refractivity contribution < 1.29 is 32.2 Å². The number of sulfone groups is 1. The van der Waals surface area contributed by atoms with Crippen molar-refractivity contribution in [2.45, 2.75) is 63.6 Å². The van der Waals surface area contributed by atoms with Crippen molar-refractivity contribution in [1.29, 1.82) is 0 Å². The molecule has 1 aliphatic heterocycles. The molecule has 1 aliphatic rings. The Balaban J connectivity index is 1.60. The van der Waals surface area contributed by atoms with E-state index in [1.54, 1.807) is 36.2 Å². The minimum atomic E-state index is -3.68. The van der Waals surface area contributed by atoms with Gasteiger partial charge in [0.05, 0.1) is 36.5 Å². The predicted molar refractivity (Wildman–Crippen MR) is 190 cm³/mol. The van der Waals surface area contributed by atoms with Gasteiger partial charge in [0.15, 0.2) is 21.3 Å². The van der Waals surface area contributed by atoms with Crippen LogP contribution in [-0.4, -0.2) is 62.4 Å². The number of carbonyl (C=O) groups is 2. The molecule has 49 heavy (non-hydrogen) atoms. The van der Waals surface area contributed by atoms with Crippen molar-refractivity contribution in [3.63, 3.8) is 0 Å². The third-order valence-corrected chi connectivity index (χ3v) is 10.2. The van der Waals surface area contributed by atoms with Gasteiger partial charge >= 0.3 is 6.09 Å². The summed E-state index contributed by atoms with van der Waals surface area (Å²) >= 11 is 0. The molecule has 12 nitrogen and oxygen atoms in total. The molecule has 260 valence electrons. The van der Waals surface area contributed by atoms with Gasteiger partial charge in [0.2, 0.25) is 5.91 Å². The van der Waals surface area contributed by atoms with E-state index in [4.69, 9.17) is 19.9 Å². The fourth-order valence-corrected chi connectivity index (χ4v) is 7.22. The Labute approximate surface area is 286 Å². The maximum absolute atomic E-state index is 14.8. The lowest BCUT2D eigenvalue weighted by molar-refractivity contribution is -0.133. The number of nitrogens with two attached hydrogens (primary N) is 1. The lowest BCUT2D eigenvalue weighted by Crippen LogP contribution is -2.38. The van der Waals surface area contributed by atoms with E-state index in [2.05, 4.69) is 15.6 Å². The van der Waals surface area contributed by atoms with Gasteiger partial charge in [-0.15, -0.1) is 0 Å². The Morgan fingerprint density at radius 2 is 1.80 bits per heavy atom. The van der Waals surface area contributed by atoms with E-state index in [9.17, 15) is 18.0 Å². The standard InChI is InChI=1S/C36H43N5O7S/c1-6-47-31-20-24(10-14-30(31)48-22(3)4)33(39-25-11-13-27-23(19-25)16-17-38-34(27)37)35(42)41-18-8-9-29(41)28-21-26(40-36(43)46-5)12-15-32(28)49(44,45)7-2/h10-17,19-22,29,33,39H,6-9,18H2,1-5H3,(H2,37,38)(H,40,43)/t29-,33-/m0/s1. The van der Waals surface area contributed by atoms with Crippen LogP contribution < -0.4 is 25.8 Å². The number of benzene rings is 3. The molecule has 0 unspecified atom stereocenters. The number of carbonyl (C=O) groups excluding carboxylic acids is 2. The summed E-state index contributed by atoms with van der Waals surface area (Å²) in [5.41, 5.74) is 8.20. The van der Waals surface area contributed by atoms with Crippen LogP contribution in [0.5, 0.6) is 11.5 Å². The number of nitrogens with one attached hydrogen (secondary N) is 2. The molecule has 1 saturated heterocycles. The molecule has 5 rings (SSSR count). The van der Waals surface area contributed by atoms with Crippen LogP contribution in [0.25, 0.3) is 10.8 Å². The summed E-state index contributed by atoms with van der Waals surface area (Å²) in [5, 5.41) is 7.70. The number of nitrogen functional groups attached to an aromatic ring is 1.